The molecule has 238 valence electrons. The van der Waals surface area contributed by atoms with Gasteiger partial charge in [0.15, 0.2) is 17.5 Å². The zero-order chi connectivity index (χ0) is 33.9. The summed E-state index contributed by atoms with van der Waals surface area (Å²) in [5.41, 5.74) is 10.8. The maximum absolute atomic E-state index is 4.95. The number of para-hydroxylation sites is 3. The average Bonchev–Trinajstić information content (AvgIpc) is 3.71. The maximum Gasteiger partial charge on any atom is 0.164 e. The molecule has 10 aromatic rings. The van der Waals surface area contributed by atoms with Gasteiger partial charge in [-0.15, -0.1) is 0 Å². The highest BCUT2D eigenvalue weighted by Gasteiger charge is 2.17. The molecule has 0 fully saturated rings. The van der Waals surface area contributed by atoms with Crippen molar-refractivity contribution in [2.75, 3.05) is 0 Å². The molecule has 5 heteroatoms. The van der Waals surface area contributed by atoms with Gasteiger partial charge in [0.05, 0.1) is 22.1 Å². The van der Waals surface area contributed by atoms with Crippen LogP contribution in [0.15, 0.2) is 158 Å². The minimum atomic E-state index is 0.603. The molecule has 5 nitrogen and oxygen atoms in total. The Labute approximate surface area is 294 Å². The van der Waals surface area contributed by atoms with Gasteiger partial charge in [0.1, 0.15) is 0 Å². The lowest BCUT2D eigenvalue weighted by atomic mass is 10.1. The third-order valence-electron chi connectivity index (χ3n) is 9.74. The monoisotopic (exact) mass is 651 g/mol. The van der Waals surface area contributed by atoms with E-state index in [1.54, 1.807) is 0 Å². The number of aryl methyl sites for hydroxylation is 1. The van der Waals surface area contributed by atoms with Crippen molar-refractivity contribution in [1.29, 1.82) is 0 Å². The predicted octanol–water partition coefficient (Wildman–Crippen LogP) is 11.0. The van der Waals surface area contributed by atoms with Crippen LogP contribution in [-0.4, -0.2) is 24.1 Å². The van der Waals surface area contributed by atoms with Crippen LogP contribution >= 0.6 is 0 Å². The first-order chi connectivity index (χ1) is 25.2. The summed E-state index contributed by atoms with van der Waals surface area (Å²) in [4.78, 5) is 14.7. The fourth-order valence-corrected chi connectivity index (χ4v) is 7.29. The second kappa shape index (κ2) is 11.5. The second-order valence-electron chi connectivity index (χ2n) is 12.9. The highest BCUT2D eigenvalue weighted by atomic mass is 15.0. The van der Waals surface area contributed by atoms with Gasteiger partial charge in [-0.25, -0.2) is 15.0 Å². The van der Waals surface area contributed by atoms with Crippen LogP contribution in [0.2, 0.25) is 0 Å². The van der Waals surface area contributed by atoms with E-state index in [4.69, 9.17) is 15.0 Å². The average molecular weight is 652 g/mol. The first-order valence-corrected chi connectivity index (χ1v) is 17.0. The summed E-state index contributed by atoms with van der Waals surface area (Å²) < 4.78 is 4.72. The van der Waals surface area contributed by atoms with E-state index in [0.29, 0.717) is 17.5 Å². The molecule has 0 radical (unpaired) electrons. The van der Waals surface area contributed by atoms with Crippen molar-refractivity contribution in [2.24, 2.45) is 0 Å². The van der Waals surface area contributed by atoms with Crippen LogP contribution in [0.5, 0.6) is 0 Å². The number of hydrogen-bond acceptors (Lipinski definition) is 3. The van der Waals surface area contributed by atoms with Crippen molar-refractivity contribution < 1.29 is 0 Å². The van der Waals surface area contributed by atoms with Gasteiger partial charge in [0.2, 0.25) is 0 Å². The standard InChI is InChI=1S/C46H29N5/c1-30-19-21-32(22-20-30)45-47-44(31-11-3-2-4-12-31)48-46(49-45)33-23-25-34(26-24-33)50-42-18-10-7-15-38(42)39-29-35(27-28-43(39)50)51-40-16-8-5-13-36(40)37-14-6-9-17-41(37)51/h3,5-29H,1H3. The summed E-state index contributed by atoms with van der Waals surface area (Å²) in [6.45, 7) is 2.08. The van der Waals surface area contributed by atoms with E-state index in [9.17, 15) is 0 Å². The molecule has 0 saturated carbocycles. The molecule has 0 N–H and O–H groups in total. The number of benzene rings is 6. The fourth-order valence-electron chi connectivity index (χ4n) is 7.29. The SMILES string of the molecule is Cc1ccc(-c2nc(-c3cc#ccc3)nc(-c3ccc(-n4c5ccccc5c5cc(-n6c7ccccc7c7ccccc76)ccc54)cc3)n2)cc1. The number of fused-ring (bicyclic) bond motifs is 6. The van der Waals surface area contributed by atoms with Gasteiger partial charge in [-0.05, 0) is 85.8 Å². The summed E-state index contributed by atoms with van der Waals surface area (Å²) >= 11 is 0. The minimum absolute atomic E-state index is 0.603. The highest BCUT2D eigenvalue weighted by molar-refractivity contribution is 6.12. The Morgan fingerprint density at radius 3 is 1.45 bits per heavy atom. The Kier molecular flexibility index (Phi) is 6.55. The van der Waals surface area contributed by atoms with Crippen molar-refractivity contribution in [3.63, 3.8) is 0 Å². The summed E-state index contributed by atoms with van der Waals surface area (Å²) in [6, 6.07) is 61.2. The van der Waals surface area contributed by atoms with Gasteiger partial charge in [0.25, 0.3) is 0 Å². The van der Waals surface area contributed by atoms with Crippen molar-refractivity contribution in [2.45, 2.75) is 6.92 Å². The van der Waals surface area contributed by atoms with Gasteiger partial charge >= 0.3 is 0 Å². The van der Waals surface area contributed by atoms with Gasteiger partial charge in [-0.1, -0.05) is 96.6 Å². The Bertz CT molecular complexity index is 2850. The predicted molar refractivity (Wildman–Crippen MR) is 207 cm³/mol. The minimum Gasteiger partial charge on any atom is -0.309 e. The lowest BCUT2D eigenvalue weighted by Crippen LogP contribution is -2.00. The van der Waals surface area contributed by atoms with Crippen molar-refractivity contribution in [3.05, 3.63) is 175 Å². The van der Waals surface area contributed by atoms with E-state index >= 15 is 0 Å². The quantitative estimate of drug-likeness (QED) is 0.186. The Balaban J connectivity index is 1.10. The molecule has 0 amide bonds. The first kappa shape index (κ1) is 28.9. The van der Waals surface area contributed by atoms with E-state index in [1.807, 2.05) is 18.2 Å². The number of nitrogens with zero attached hydrogens (tertiary/aromatic N) is 5. The molecule has 10 rings (SSSR count). The number of rotatable bonds is 5. The van der Waals surface area contributed by atoms with Gasteiger partial charge in [-0.3, -0.25) is 0 Å². The van der Waals surface area contributed by atoms with Crippen LogP contribution in [-0.2, 0) is 0 Å². The van der Waals surface area contributed by atoms with Crippen molar-refractivity contribution in [1.82, 2.24) is 24.1 Å². The zero-order valence-corrected chi connectivity index (χ0v) is 27.7. The molecule has 0 aliphatic rings. The molecule has 0 aliphatic heterocycles. The van der Waals surface area contributed by atoms with Crippen LogP contribution in [0.4, 0.5) is 0 Å². The molecular formula is C46H29N5. The smallest absolute Gasteiger partial charge is 0.164 e. The van der Waals surface area contributed by atoms with E-state index in [0.717, 1.165) is 39.1 Å². The Hall–Kier alpha value is -7.03. The lowest BCUT2D eigenvalue weighted by molar-refractivity contribution is 1.07. The van der Waals surface area contributed by atoms with E-state index in [2.05, 4.69) is 168 Å². The van der Waals surface area contributed by atoms with E-state index in [-0.39, 0.29) is 0 Å². The summed E-state index contributed by atoms with van der Waals surface area (Å²) in [6.07, 6.45) is 0. The summed E-state index contributed by atoms with van der Waals surface area (Å²) in [5.74, 6) is 1.85. The molecule has 0 atom stereocenters. The Morgan fingerprint density at radius 2 is 0.882 bits per heavy atom. The number of hydrogen-bond donors (Lipinski definition) is 0. The highest BCUT2D eigenvalue weighted by Crippen LogP contribution is 2.37. The molecule has 0 spiro atoms. The summed E-state index contributed by atoms with van der Waals surface area (Å²) in [5, 5.41) is 4.93. The molecule has 0 aliphatic carbocycles. The maximum atomic E-state index is 4.95. The van der Waals surface area contributed by atoms with Crippen LogP contribution < -0.4 is 0 Å². The van der Waals surface area contributed by atoms with E-state index in [1.165, 1.54) is 38.1 Å². The normalized spacial score (nSPS) is 11.5. The topological polar surface area (TPSA) is 48.5 Å². The molecule has 3 aromatic heterocycles. The molecular weight excluding hydrogens is 623 g/mol. The third kappa shape index (κ3) is 4.77. The summed E-state index contributed by atoms with van der Waals surface area (Å²) in [7, 11) is 0. The molecule has 3 heterocycles. The van der Waals surface area contributed by atoms with Gasteiger partial charge in [-0.2, -0.15) is 0 Å². The fraction of sp³-hybridized carbons (Fsp3) is 0.0217. The largest absolute Gasteiger partial charge is 0.309 e. The van der Waals surface area contributed by atoms with E-state index < -0.39 is 0 Å². The zero-order valence-electron chi connectivity index (χ0n) is 27.7. The molecule has 0 bridgehead atoms. The molecule has 7 aromatic carbocycles. The second-order valence-corrected chi connectivity index (χ2v) is 12.9. The molecule has 51 heavy (non-hydrogen) atoms. The van der Waals surface area contributed by atoms with Crippen molar-refractivity contribution in [3.8, 4) is 45.5 Å². The third-order valence-corrected chi connectivity index (χ3v) is 9.74. The van der Waals surface area contributed by atoms with Crippen LogP contribution in [0, 0.1) is 19.1 Å². The number of aromatic nitrogens is 5. The van der Waals surface area contributed by atoms with Crippen LogP contribution in [0.1, 0.15) is 5.56 Å². The van der Waals surface area contributed by atoms with Gasteiger partial charge in [0, 0.05) is 49.6 Å². The first-order valence-electron chi connectivity index (χ1n) is 17.0. The van der Waals surface area contributed by atoms with Crippen LogP contribution in [0.3, 0.4) is 0 Å². The Morgan fingerprint density at radius 1 is 0.412 bits per heavy atom. The molecule has 0 unspecified atom stereocenters. The lowest BCUT2D eigenvalue weighted by Gasteiger charge is -2.11. The van der Waals surface area contributed by atoms with Crippen LogP contribution in [0.25, 0.3) is 89.2 Å². The molecule has 0 saturated heterocycles. The van der Waals surface area contributed by atoms with Crippen molar-refractivity contribution >= 4 is 43.6 Å². The van der Waals surface area contributed by atoms with Gasteiger partial charge < -0.3 is 9.13 Å².